The maximum Gasteiger partial charge on any atom is 0.261 e. The van der Waals surface area contributed by atoms with Gasteiger partial charge in [-0.1, -0.05) is 12.1 Å². The Bertz CT molecular complexity index is 979. The van der Waals surface area contributed by atoms with Crippen molar-refractivity contribution in [3.63, 3.8) is 0 Å². The molecule has 0 atom stereocenters. The number of hydrogen-bond acceptors (Lipinski definition) is 6. The predicted molar refractivity (Wildman–Crippen MR) is 114 cm³/mol. The number of amides is 3. The number of ether oxygens (including phenoxy) is 2. The number of benzene rings is 2. The van der Waals surface area contributed by atoms with Crippen molar-refractivity contribution in [2.45, 2.75) is 0 Å². The number of rotatable bonds is 6. The Morgan fingerprint density at radius 3 is 2.03 bits per heavy atom. The number of methoxy groups -OCH3 is 2. The standard InChI is InChI=1S/C23H25N3O5/c1-30-19-8-7-16(15-20(19)31-2)21(27)25-12-9-24(10-13-25)11-14-26-22(28)17-5-3-4-6-18(17)23(26)29/h3-8,15H,9-14H2,1-2H3. The van der Waals surface area contributed by atoms with Gasteiger partial charge in [-0.15, -0.1) is 0 Å². The van der Waals surface area contributed by atoms with Crippen molar-refractivity contribution in [3.8, 4) is 11.5 Å². The zero-order chi connectivity index (χ0) is 22.0. The molecule has 0 aromatic heterocycles. The smallest absolute Gasteiger partial charge is 0.261 e. The first-order chi connectivity index (χ1) is 15.0. The van der Waals surface area contributed by atoms with Gasteiger partial charge in [0.15, 0.2) is 11.5 Å². The van der Waals surface area contributed by atoms with Crippen LogP contribution in [0.1, 0.15) is 31.1 Å². The summed E-state index contributed by atoms with van der Waals surface area (Å²) < 4.78 is 10.5. The molecule has 162 valence electrons. The summed E-state index contributed by atoms with van der Waals surface area (Å²) in [5.41, 5.74) is 1.49. The summed E-state index contributed by atoms with van der Waals surface area (Å²) in [5.74, 6) is 0.580. The van der Waals surface area contributed by atoms with E-state index in [1.165, 1.54) is 4.90 Å². The maximum absolute atomic E-state index is 12.9. The zero-order valence-corrected chi connectivity index (χ0v) is 17.7. The molecule has 2 aromatic rings. The quantitative estimate of drug-likeness (QED) is 0.659. The Morgan fingerprint density at radius 2 is 1.45 bits per heavy atom. The van der Waals surface area contributed by atoms with E-state index in [9.17, 15) is 14.4 Å². The van der Waals surface area contributed by atoms with Gasteiger partial charge < -0.3 is 14.4 Å². The van der Waals surface area contributed by atoms with E-state index in [2.05, 4.69) is 4.90 Å². The third-order valence-corrected chi connectivity index (χ3v) is 5.81. The topological polar surface area (TPSA) is 79.4 Å². The maximum atomic E-state index is 12.9. The van der Waals surface area contributed by atoms with Crippen molar-refractivity contribution < 1.29 is 23.9 Å². The summed E-state index contributed by atoms with van der Waals surface area (Å²) in [5, 5.41) is 0. The van der Waals surface area contributed by atoms with Crippen LogP contribution in [0.15, 0.2) is 42.5 Å². The minimum Gasteiger partial charge on any atom is -0.493 e. The second-order valence-corrected chi connectivity index (χ2v) is 7.51. The number of nitrogens with zero attached hydrogens (tertiary/aromatic N) is 3. The van der Waals surface area contributed by atoms with Gasteiger partial charge in [0.2, 0.25) is 0 Å². The third-order valence-electron chi connectivity index (χ3n) is 5.81. The molecular formula is C23H25N3O5. The van der Waals surface area contributed by atoms with E-state index in [0.29, 0.717) is 67.5 Å². The molecule has 31 heavy (non-hydrogen) atoms. The van der Waals surface area contributed by atoms with E-state index in [0.717, 1.165) is 0 Å². The molecule has 4 rings (SSSR count). The van der Waals surface area contributed by atoms with Crippen molar-refractivity contribution in [2.24, 2.45) is 0 Å². The van der Waals surface area contributed by atoms with Crippen LogP contribution >= 0.6 is 0 Å². The highest BCUT2D eigenvalue weighted by atomic mass is 16.5. The molecule has 1 fully saturated rings. The first-order valence-corrected chi connectivity index (χ1v) is 10.2. The van der Waals surface area contributed by atoms with Crippen molar-refractivity contribution in [1.82, 2.24) is 14.7 Å². The first-order valence-electron chi connectivity index (χ1n) is 10.2. The molecular weight excluding hydrogens is 398 g/mol. The highest BCUT2D eigenvalue weighted by Crippen LogP contribution is 2.28. The molecule has 0 saturated carbocycles. The van der Waals surface area contributed by atoms with Gasteiger partial charge in [0.1, 0.15) is 0 Å². The summed E-state index contributed by atoms with van der Waals surface area (Å²) in [6, 6.07) is 12.1. The van der Waals surface area contributed by atoms with Gasteiger partial charge in [0.05, 0.1) is 25.3 Å². The Kier molecular flexibility index (Phi) is 5.90. The van der Waals surface area contributed by atoms with Crippen molar-refractivity contribution >= 4 is 17.7 Å². The lowest BCUT2D eigenvalue weighted by Gasteiger charge is -2.35. The van der Waals surface area contributed by atoms with Gasteiger partial charge in [-0.3, -0.25) is 24.2 Å². The van der Waals surface area contributed by atoms with Gasteiger partial charge in [-0.05, 0) is 30.3 Å². The Balaban J connectivity index is 1.31. The largest absolute Gasteiger partial charge is 0.493 e. The van der Waals surface area contributed by atoms with E-state index >= 15 is 0 Å². The normalized spacial score (nSPS) is 16.5. The van der Waals surface area contributed by atoms with Crippen LogP contribution in [-0.4, -0.2) is 85.9 Å². The van der Waals surface area contributed by atoms with E-state index in [1.54, 1.807) is 61.6 Å². The lowest BCUT2D eigenvalue weighted by Crippen LogP contribution is -2.50. The van der Waals surface area contributed by atoms with Crippen molar-refractivity contribution in [3.05, 3.63) is 59.2 Å². The number of carbonyl (C=O) groups excluding carboxylic acids is 3. The van der Waals surface area contributed by atoms with Gasteiger partial charge in [0, 0.05) is 44.8 Å². The monoisotopic (exact) mass is 423 g/mol. The molecule has 0 radical (unpaired) electrons. The number of carbonyl (C=O) groups is 3. The molecule has 0 bridgehead atoms. The lowest BCUT2D eigenvalue weighted by atomic mass is 10.1. The summed E-state index contributed by atoms with van der Waals surface area (Å²) in [4.78, 5) is 43.1. The summed E-state index contributed by atoms with van der Waals surface area (Å²) in [6.07, 6.45) is 0. The minimum atomic E-state index is -0.233. The van der Waals surface area contributed by atoms with Crippen LogP contribution in [0.2, 0.25) is 0 Å². The Morgan fingerprint density at radius 1 is 0.839 bits per heavy atom. The molecule has 0 aliphatic carbocycles. The molecule has 0 unspecified atom stereocenters. The first kappa shape index (κ1) is 20.9. The highest BCUT2D eigenvalue weighted by Gasteiger charge is 2.35. The van der Waals surface area contributed by atoms with Crippen LogP contribution in [0.5, 0.6) is 11.5 Å². The van der Waals surface area contributed by atoms with Gasteiger partial charge in [-0.25, -0.2) is 0 Å². The fraction of sp³-hybridized carbons (Fsp3) is 0.348. The number of hydrogen-bond donors (Lipinski definition) is 0. The summed E-state index contributed by atoms with van der Waals surface area (Å²) in [7, 11) is 3.10. The zero-order valence-electron chi connectivity index (χ0n) is 17.7. The van der Waals surface area contributed by atoms with Crippen LogP contribution < -0.4 is 9.47 Å². The summed E-state index contributed by atoms with van der Waals surface area (Å²) >= 11 is 0. The SMILES string of the molecule is COc1ccc(C(=O)N2CCN(CCN3C(=O)c4ccccc4C3=O)CC2)cc1OC. The average molecular weight is 423 g/mol. The molecule has 2 aromatic carbocycles. The second-order valence-electron chi connectivity index (χ2n) is 7.51. The molecule has 0 spiro atoms. The van der Waals surface area contributed by atoms with E-state index in [4.69, 9.17) is 9.47 Å². The van der Waals surface area contributed by atoms with Crippen LogP contribution in [0.25, 0.3) is 0 Å². The lowest BCUT2D eigenvalue weighted by molar-refractivity contribution is 0.0578. The van der Waals surface area contributed by atoms with E-state index < -0.39 is 0 Å². The predicted octanol–water partition coefficient (Wildman–Crippen LogP) is 1.76. The molecule has 8 nitrogen and oxygen atoms in total. The second kappa shape index (κ2) is 8.77. The Hall–Kier alpha value is -3.39. The van der Waals surface area contributed by atoms with Crippen molar-refractivity contribution in [2.75, 3.05) is 53.5 Å². The molecule has 8 heteroatoms. The van der Waals surface area contributed by atoms with Crippen LogP contribution in [-0.2, 0) is 0 Å². The van der Waals surface area contributed by atoms with Gasteiger partial charge >= 0.3 is 0 Å². The van der Waals surface area contributed by atoms with Crippen LogP contribution in [0.4, 0.5) is 0 Å². The van der Waals surface area contributed by atoms with E-state index in [1.807, 2.05) is 0 Å². The van der Waals surface area contributed by atoms with Gasteiger partial charge in [0.25, 0.3) is 17.7 Å². The molecule has 3 amide bonds. The third kappa shape index (κ3) is 3.98. The molecule has 1 saturated heterocycles. The van der Waals surface area contributed by atoms with Crippen LogP contribution in [0, 0.1) is 0 Å². The van der Waals surface area contributed by atoms with E-state index in [-0.39, 0.29) is 17.7 Å². The molecule has 2 aliphatic rings. The number of piperazine rings is 1. The number of fused-ring (bicyclic) bond motifs is 1. The minimum absolute atomic E-state index is 0.0547. The Labute approximate surface area is 180 Å². The number of imide groups is 1. The highest BCUT2D eigenvalue weighted by molar-refractivity contribution is 6.21. The molecule has 0 N–H and O–H groups in total. The fourth-order valence-electron chi connectivity index (χ4n) is 4.01. The van der Waals surface area contributed by atoms with Crippen LogP contribution in [0.3, 0.4) is 0 Å². The fourth-order valence-corrected chi connectivity index (χ4v) is 4.01. The van der Waals surface area contributed by atoms with Crippen molar-refractivity contribution in [1.29, 1.82) is 0 Å². The summed E-state index contributed by atoms with van der Waals surface area (Å²) in [6.45, 7) is 3.45. The average Bonchev–Trinajstić information content (AvgIpc) is 3.06. The molecule has 2 aliphatic heterocycles. The molecule has 2 heterocycles. The van der Waals surface area contributed by atoms with Gasteiger partial charge in [-0.2, -0.15) is 0 Å².